The Labute approximate surface area is 219 Å². The van der Waals surface area contributed by atoms with Crippen molar-refractivity contribution in [3.63, 3.8) is 0 Å². The number of nitrogens with one attached hydrogen (secondary N) is 2. The summed E-state index contributed by atoms with van der Waals surface area (Å²) in [6, 6.07) is 3.02. The van der Waals surface area contributed by atoms with Crippen molar-refractivity contribution >= 4 is 17.5 Å². The van der Waals surface area contributed by atoms with Crippen LogP contribution in [0.25, 0.3) is 5.69 Å². The Morgan fingerprint density at radius 3 is 2.68 bits per heavy atom. The molecule has 4 heterocycles. The molecule has 1 aromatic carbocycles. The Morgan fingerprint density at radius 1 is 1.18 bits per heavy atom. The second kappa shape index (κ2) is 9.93. The number of hydrogen-bond donors (Lipinski definition) is 2. The molecule has 0 spiro atoms. The highest BCUT2D eigenvalue weighted by Gasteiger charge is 2.43. The van der Waals surface area contributed by atoms with Gasteiger partial charge in [0.1, 0.15) is 11.4 Å². The SMILES string of the molecule is CC(C)Oc1cc(F)c(Nc2ncc(F)c(N[C@@H]3C[C@@H]4CCCN4C(C)(C)C3)n2)cc1-n1nnn(C)c1=O. The molecule has 38 heavy (non-hydrogen) atoms. The molecule has 2 fully saturated rings. The fourth-order valence-electron chi connectivity index (χ4n) is 5.58. The highest BCUT2D eigenvalue weighted by Crippen LogP contribution is 2.38. The lowest BCUT2D eigenvalue weighted by Crippen LogP contribution is -2.55. The van der Waals surface area contributed by atoms with E-state index in [1.165, 1.54) is 19.5 Å². The molecule has 204 valence electrons. The van der Waals surface area contributed by atoms with Gasteiger partial charge >= 0.3 is 5.69 Å². The van der Waals surface area contributed by atoms with Crippen molar-refractivity contribution in [2.75, 3.05) is 17.2 Å². The van der Waals surface area contributed by atoms with Crippen LogP contribution in [0.4, 0.5) is 26.2 Å². The molecule has 13 heteroatoms. The van der Waals surface area contributed by atoms with Crippen molar-refractivity contribution < 1.29 is 13.5 Å². The minimum Gasteiger partial charge on any atom is -0.489 e. The number of tetrazole rings is 1. The Kier molecular flexibility index (Phi) is 6.80. The number of nitrogens with zero attached hydrogens (tertiary/aromatic N) is 7. The minimum atomic E-state index is -0.667. The molecule has 2 saturated heterocycles. The average Bonchev–Trinajstić information content (AvgIpc) is 3.44. The van der Waals surface area contributed by atoms with E-state index in [1.54, 1.807) is 13.8 Å². The van der Waals surface area contributed by atoms with Gasteiger partial charge in [-0.3, -0.25) is 4.90 Å². The molecule has 3 aromatic rings. The minimum absolute atomic E-state index is 0.000309. The summed E-state index contributed by atoms with van der Waals surface area (Å²) in [6.45, 7) is 9.10. The van der Waals surface area contributed by atoms with E-state index >= 15 is 4.39 Å². The fraction of sp³-hybridized carbons (Fsp3) is 0.560. The first-order valence-electron chi connectivity index (χ1n) is 12.8. The summed E-state index contributed by atoms with van der Waals surface area (Å²) in [7, 11) is 1.45. The molecule has 0 amide bonds. The maximum absolute atomic E-state index is 15.1. The summed E-state index contributed by atoms with van der Waals surface area (Å²) < 4.78 is 37.6. The standard InChI is InChI=1S/C25H33F2N9O2/c1-14(2)38-21-10-17(26)19(11-20(21)36-24(37)34(5)32-33-36)30-23-28-13-18(27)22(31-23)29-15-9-16-7-6-8-35(16)25(3,4)12-15/h10-11,13-16H,6-9,12H2,1-5H3,(H2,28,29,30,31)/t15-,16+/m1/s1. The second-order valence-corrected chi connectivity index (χ2v) is 10.9. The van der Waals surface area contributed by atoms with Crippen molar-refractivity contribution in [2.45, 2.75) is 77.1 Å². The van der Waals surface area contributed by atoms with Crippen molar-refractivity contribution in [1.29, 1.82) is 0 Å². The molecule has 2 N–H and O–H groups in total. The van der Waals surface area contributed by atoms with E-state index in [9.17, 15) is 9.18 Å². The van der Waals surface area contributed by atoms with E-state index in [-0.39, 0.29) is 46.6 Å². The van der Waals surface area contributed by atoms with E-state index in [0.717, 1.165) is 47.4 Å². The summed E-state index contributed by atoms with van der Waals surface area (Å²) in [5.74, 6) is -1.08. The van der Waals surface area contributed by atoms with Gasteiger partial charge in [-0.25, -0.2) is 18.6 Å². The predicted octanol–water partition coefficient (Wildman–Crippen LogP) is 3.38. The van der Waals surface area contributed by atoms with Crippen LogP contribution in [0.15, 0.2) is 23.1 Å². The third kappa shape index (κ3) is 5.06. The van der Waals surface area contributed by atoms with E-state index in [1.807, 2.05) is 0 Å². The Bertz CT molecular complexity index is 1390. The first-order valence-corrected chi connectivity index (χ1v) is 12.8. The monoisotopic (exact) mass is 529 g/mol. The number of ether oxygens (including phenoxy) is 1. The highest BCUT2D eigenvalue weighted by molar-refractivity contribution is 5.63. The number of aromatic nitrogens is 6. The number of piperidine rings is 1. The lowest BCUT2D eigenvalue weighted by atomic mass is 9.84. The number of anilines is 3. The van der Waals surface area contributed by atoms with Crippen molar-refractivity contribution in [3.05, 3.63) is 40.4 Å². The Morgan fingerprint density at radius 2 is 1.97 bits per heavy atom. The summed E-state index contributed by atoms with van der Waals surface area (Å²) in [5.41, 5.74) is -0.380. The zero-order valence-corrected chi connectivity index (χ0v) is 22.2. The molecule has 2 atom stereocenters. The van der Waals surface area contributed by atoms with Crippen molar-refractivity contribution in [1.82, 2.24) is 34.7 Å². The molecular formula is C25H33F2N9O2. The summed E-state index contributed by atoms with van der Waals surface area (Å²) in [4.78, 5) is 23.4. The Hall–Kier alpha value is -3.61. The molecule has 11 nitrogen and oxygen atoms in total. The zero-order chi connectivity index (χ0) is 27.2. The quantitative estimate of drug-likeness (QED) is 0.475. The molecule has 0 unspecified atom stereocenters. The first-order chi connectivity index (χ1) is 18.0. The van der Waals surface area contributed by atoms with E-state index in [2.05, 4.69) is 49.8 Å². The number of rotatable bonds is 7. The van der Waals surface area contributed by atoms with Gasteiger partial charge in [-0.15, -0.1) is 0 Å². The van der Waals surface area contributed by atoms with Gasteiger partial charge < -0.3 is 15.4 Å². The number of fused-ring (bicyclic) bond motifs is 1. The molecule has 0 bridgehead atoms. The zero-order valence-electron chi connectivity index (χ0n) is 22.2. The van der Waals surface area contributed by atoms with Crippen LogP contribution in [0.2, 0.25) is 0 Å². The topological polar surface area (TPSA) is 115 Å². The summed E-state index contributed by atoms with van der Waals surface area (Å²) >= 11 is 0. The van der Waals surface area contributed by atoms with Gasteiger partial charge in [0.05, 0.1) is 18.0 Å². The van der Waals surface area contributed by atoms with E-state index in [0.29, 0.717) is 6.04 Å². The van der Waals surface area contributed by atoms with Crippen molar-refractivity contribution in [3.8, 4) is 11.4 Å². The maximum atomic E-state index is 15.1. The molecule has 0 radical (unpaired) electrons. The maximum Gasteiger partial charge on any atom is 0.368 e. The van der Waals surface area contributed by atoms with E-state index in [4.69, 9.17) is 4.74 Å². The summed E-state index contributed by atoms with van der Waals surface area (Å²) in [5, 5.41) is 13.6. The van der Waals surface area contributed by atoms with Gasteiger partial charge in [-0.2, -0.15) is 14.3 Å². The number of benzene rings is 1. The number of hydrogen-bond acceptors (Lipinski definition) is 9. The fourth-order valence-corrected chi connectivity index (χ4v) is 5.58. The van der Waals surface area contributed by atoms with Crippen LogP contribution >= 0.6 is 0 Å². The van der Waals surface area contributed by atoms with Crippen LogP contribution in [0.5, 0.6) is 5.75 Å². The lowest BCUT2D eigenvalue weighted by Gasteiger charge is -2.47. The normalized spacial score (nSPS) is 20.9. The highest BCUT2D eigenvalue weighted by atomic mass is 19.1. The van der Waals surface area contributed by atoms with Gasteiger partial charge in [-0.05, 0) is 76.4 Å². The Balaban J connectivity index is 1.42. The number of aryl methyl sites for hydroxylation is 1. The molecular weight excluding hydrogens is 496 g/mol. The lowest BCUT2D eigenvalue weighted by molar-refractivity contribution is 0.0500. The third-order valence-corrected chi connectivity index (χ3v) is 7.15. The van der Waals surface area contributed by atoms with Gasteiger partial charge in [0.25, 0.3) is 0 Å². The van der Waals surface area contributed by atoms with Crippen molar-refractivity contribution in [2.24, 2.45) is 7.05 Å². The van der Waals surface area contributed by atoms with Crippen LogP contribution in [0, 0.1) is 11.6 Å². The van der Waals surface area contributed by atoms with E-state index < -0.39 is 17.3 Å². The second-order valence-electron chi connectivity index (χ2n) is 10.9. The largest absolute Gasteiger partial charge is 0.489 e. The predicted molar refractivity (Wildman–Crippen MR) is 138 cm³/mol. The molecule has 2 aliphatic rings. The smallest absolute Gasteiger partial charge is 0.368 e. The number of halogens is 2. The van der Waals surface area contributed by atoms with Crippen LogP contribution in [0.1, 0.15) is 53.4 Å². The van der Waals surface area contributed by atoms with Crippen LogP contribution in [-0.4, -0.2) is 64.9 Å². The van der Waals surface area contributed by atoms with Gasteiger partial charge in [0.2, 0.25) is 5.95 Å². The average molecular weight is 530 g/mol. The third-order valence-electron chi connectivity index (χ3n) is 7.15. The van der Waals surface area contributed by atoms with Crippen LogP contribution in [-0.2, 0) is 7.05 Å². The van der Waals surface area contributed by atoms with Crippen LogP contribution in [0.3, 0.4) is 0 Å². The molecule has 2 aliphatic heterocycles. The van der Waals surface area contributed by atoms with Gasteiger partial charge in [0.15, 0.2) is 17.5 Å². The molecule has 5 rings (SSSR count). The molecule has 0 saturated carbocycles. The van der Waals surface area contributed by atoms with Crippen LogP contribution < -0.4 is 21.1 Å². The molecule has 2 aromatic heterocycles. The van der Waals surface area contributed by atoms with Gasteiger partial charge in [-0.1, -0.05) is 0 Å². The molecule has 0 aliphatic carbocycles. The summed E-state index contributed by atoms with van der Waals surface area (Å²) in [6.07, 6.45) is 4.82. The first kappa shape index (κ1) is 26.0. The van der Waals surface area contributed by atoms with Gasteiger partial charge in [0, 0.05) is 30.7 Å².